The number of guanidine groups is 1. The van der Waals surface area contributed by atoms with Gasteiger partial charge in [-0.2, -0.15) is 0 Å². The van der Waals surface area contributed by atoms with Gasteiger partial charge in [0.15, 0.2) is 5.96 Å². The largest absolute Gasteiger partial charge is 0.379 e. The van der Waals surface area contributed by atoms with Crippen LogP contribution in [-0.2, 0) is 20.8 Å². The first-order valence-corrected chi connectivity index (χ1v) is 10.3. The number of pyridine rings is 1. The minimum absolute atomic E-state index is 0.270. The Hall–Kier alpha value is -1.90. The zero-order valence-corrected chi connectivity index (χ0v) is 16.9. The molecule has 2 N–H and O–H groups in total. The Morgan fingerprint density at radius 3 is 2.96 bits per heavy atom. The molecule has 1 unspecified atom stereocenters. The van der Waals surface area contributed by atoms with Crippen molar-refractivity contribution in [3.63, 3.8) is 0 Å². The third kappa shape index (κ3) is 6.61. The lowest BCUT2D eigenvalue weighted by molar-refractivity contribution is 0.0420. The number of hydrogen-bond donors (Lipinski definition) is 2. The maximum atomic E-state index is 5.81. The lowest BCUT2D eigenvalue weighted by atomic mass is 10.2. The first-order valence-electron chi connectivity index (χ1n) is 10.3. The van der Waals surface area contributed by atoms with E-state index in [-0.39, 0.29) is 6.10 Å². The quantitative estimate of drug-likeness (QED) is 0.372. The summed E-state index contributed by atoms with van der Waals surface area (Å²) < 4.78 is 16.6. The molecular formula is C20H33N5O3. The van der Waals surface area contributed by atoms with E-state index in [0.29, 0.717) is 6.54 Å². The van der Waals surface area contributed by atoms with E-state index in [9.17, 15) is 0 Å². The SMILES string of the molecule is CCNC(=NCc1cccnc1N1CCOCC1)NCCCOC1CCOC1. The molecule has 2 fully saturated rings. The van der Waals surface area contributed by atoms with Gasteiger partial charge in [0.05, 0.1) is 32.5 Å². The molecule has 8 nitrogen and oxygen atoms in total. The Kier molecular flexibility index (Phi) is 8.80. The highest BCUT2D eigenvalue weighted by atomic mass is 16.5. The van der Waals surface area contributed by atoms with Crippen molar-refractivity contribution in [2.75, 3.05) is 64.1 Å². The van der Waals surface area contributed by atoms with Crippen molar-refractivity contribution in [2.24, 2.45) is 4.99 Å². The molecule has 3 rings (SSSR count). The van der Waals surface area contributed by atoms with Gasteiger partial charge in [-0.3, -0.25) is 0 Å². The average Bonchev–Trinajstić information content (AvgIpc) is 3.26. The number of ether oxygens (including phenoxy) is 3. The van der Waals surface area contributed by atoms with Gasteiger partial charge in [0, 0.05) is 51.2 Å². The van der Waals surface area contributed by atoms with Crippen molar-refractivity contribution in [3.05, 3.63) is 23.9 Å². The minimum Gasteiger partial charge on any atom is -0.379 e. The average molecular weight is 392 g/mol. The van der Waals surface area contributed by atoms with Gasteiger partial charge in [0.2, 0.25) is 0 Å². The molecule has 0 aliphatic carbocycles. The molecule has 2 aliphatic rings. The molecule has 0 bridgehead atoms. The number of morpholine rings is 1. The van der Waals surface area contributed by atoms with E-state index in [2.05, 4.69) is 33.5 Å². The van der Waals surface area contributed by atoms with Crippen LogP contribution in [-0.4, -0.2) is 76.3 Å². The summed E-state index contributed by atoms with van der Waals surface area (Å²) in [5, 5.41) is 6.70. The highest BCUT2D eigenvalue weighted by Gasteiger charge is 2.16. The standard InChI is InChI=1S/C20H33N5O3/c1-2-21-20(23-8-4-11-28-18-6-12-27-16-18)24-15-17-5-3-7-22-19(17)25-9-13-26-14-10-25/h3,5,7,18H,2,4,6,8-16H2,1H3,(H2,21,23,24). The summed E-state index contributed by atoms with van der Waals surface area (Å²) >= 11 is 0. The number of anilines is 1. The van der Waals surface area contributed by atoms with Crippen LogP contribution in [0.4, 0.5) is 5.82 Å². The van der Waals surface area contributed by atoms with Crippen LogP contribution >= 0.6 is 0 Å². The fraction of sp³-hybridized carbons (Fsp3) is 0.700. The number of nitrogens with one attached hydrogen (secondary N) is 2. The summed E-state index contributed by atoms with van der Waals surface area (Å²) in [6.45, 7) is 9.84. The van der Waals surface area contributed by atoms with Crippen LogP contribution in [0.5, 0.6) is 0 Å². The molecule has 0 amide bonds. The van der Waals surface area contributed by atoms with E-state index < -0.39 is 0 Å². The molecule has 2 aliphatic heterocycles. The molecule has 156 valence electrons. The van der Waals surface area contributed by atoms with Crippen LogP contribution in [0, 0.1) is 0 Å². The summed E-state index contributed by atoms with van der Waals surface area (Å²) in [5.41, 5.74) is 1.13. The Balaban J connectivity index is 1.48. The van der Waals surface area contributed by atoms with E-state index in [1.165, 1.54) is 0 Å². The molecule has 0 spiro atoms. The van der Waals surface area contributed by atoms with Gasteiger partial charge >= 0.3 is 0 Å². The molecule has 1 atom stereocenters. The second-order valence-electron chi connectivity index (χ2n) is 6.92. The van der Waals surface area contributed by atoms with Gasteiger partial charge < -0.3 is 29.7 Å². The molecule has 1 aromatic heterocycles. The summed E-state index contributed by atoms with van der Waals surface area (Å²) in [4.78, 5) is 11.6. The first-order chi connectivity index (χ1) is 13.9. The molecule has 0 radical (unpaired) electrons. The Morgan fingerprint density at radius 2 is 2.18 bits per heavy atom. The van der Waals surface area contributed by atoms with Crippen LogP contribution in [0.1, 0.15) is 25.3 Å². The van der Waals surface area contributed by atoms with E-state index >= 15 is 0 Å². The lowest BCUT2D eigenvalue weighted by Crippen LogP contribution is -2.38. The van der Waals surface area contributed by atoms with Crippen molar-refractivity contribution >= 4 is 11.8 Å². The Morgan fingerprint density at radius 1 is 1.29 bits per heavy atom. The van der Waals surface area contributed by atoms with Crippen LogP contribution < -0.4 is 15.5 Å². The van der Waals surface area contributed by atoms with Gasteiger partial charge in [-0.05, 0) is 25.8 Å². The lowest BCUT2D eigenvalue weighted by Gasteiger charge is -2.29. The van der Waals surface area contributed by atoms with Crippen molar-refractivity contribution < 1.29 is 14.2 Å². The number of aromatic nitrogens is 1. The highest BCUT2D eigenvalue weighted by molar-refractivity contribution is 5.79. The summed E-state index contributed by atoms with van der Waals surface area (Å²) in [6.07, 6.45) is 4.06. The third-order valence-electron chi connectivity index (χ3n) is 4.78. The predicted octanol–water partition coefficient (Wildman–Crippen LogP) is 1.17. The predicted molar refractivity (Wildman–Crippen MR) is 110 cm³/mol. The van der Waals surface area contributed by atoms with E-state index in [1.54, 1.807) is 0 Å². The van der Waals surface area contributed by atoms with Crippen LogP contribution in [0.2, 0.25) is 0 Å². The van der Waals surface area contributed by atoms with E-state index in [0.717, 1.165) is 89.4 Å². The number of aliphatic imine (C=N–C) groups is 1. The maximum absolute atomic E-state index is 5.81. The van der Waals surface area contributed by atoms with Gasteiger partial charge in [0.1, 0.15) is 5.82 Å². The van der Waals surface area contributed by atoms with Crippen molar-refractivity contribution in [1.29, 1.82) is 0 Å². The van der Waals surface area contributed by atoms with Crippen LogP contribution in [0.3, 0.4) is 0 Å². The zero-order chi connectivity index (χ0) is 19.4. The fourth-order valence-corrected chi connectivity index (χ4v) is 3.29. The van der Waals surface area contributed by atoms with Crippen LogP contribution in [0.15, 0.2) is 23.3 Å². The highest BCUT2D eigenvalue weighted by Crippen LogP contribution is 2.19. The van der Waals surface area contributed by atoms with Gasteiger partial charge in [-0.25, -0.2) is 9.98 Å². The van der Waals surface area contributed by atoms with E-state index in [1.807, 2.05) is 12.3 Å². The topological polar surface area (TPSA) is 80.2 Å². The van der Waals surface area contributed by atoms with Crippen LogP contribution in [0.25, 0.3) is 0 Å². The maximum Gasteiger partial charge on any atom is 0.191 e. The number of nitrogens with zero attached hydrogens (tertiary/aromatic N) is 3. The molecule has 0 saturated carbocycles. The molecule has 28 heavy (non-hydrogen) atoms. The first kappa shape index (κ1) is 20.8. The normalized spacial score (nSPS) is 20.4. The molecule has 1 aromatic rings. The molecule has 2 saturated heterocycles. The second-order valence-corrected chi connectivity index (χ2v) is 6.92. The second kappa shape index (κ2) is 11.8. The Bertz CT molecular complexity index is 601. The molecule has 0 aromatic carbocycles. The fourth-order valence-electron chi connectivity index (χ4n) is 3.29. The molecule has 8 heteroatoms. The monoisotopic (exact) mass is 391 g/mol. The smallest absolute Gasteiger partial charge is 0.191 e. The summed E-state index contributed by atoms with van der Waals surface area (Å²) in [6, 6.07) is 4.07. The van der Waals surface area contributed by atoms with E-state index in [4.69, 9.17) is 19.2 Å². The number of hydrogen-bond acceptors (Lipinski definition) is 6. The molecule has 3 heterocycles. The van der Waals surface area contributed by atoms with Gasteiger partial charge in [0.25, 0.3) is 0 Å². The zero-order valence-electron chi connectivity index (χ0n) is 16.9. The van der Waals surface area contributed by atoms with Crippen molar-refractivity contribution in [3.8, 4) is 0 Å². The van der Waals surface area contributed by atoms with Gasteiger partial charge in [-0.15, -0.1) is 0 Å². The van der Waals surface area contributed by atoms with Crippen molar-refractivity contribution in [1.82, 2.24) is 15.6 Å². The number of rotatable bonds is 9. The summed E-state index contributed by atoms with van der Waals surface area (Å²) in [7, 11) is 0. The van der Waals surface area contributed by atoms with Gasteiger partial charge in [-0.1, -0.05) is 6.07 Å². The summed E-state index contributed by atoms with van der Waals surface area (Å²) in [5.74, 6) is 1.83. The third-order valence-corrected chi connectivity index (χ3v) is 4.78. The Labute approximate surface area is 167 Å². The van der Waals surface area contributed by atoms with Crippen molar-refractivity contribution in [2.45, 2.75) is 32.4 Å². The minimum atomic E-state index is 0.270. The molecular weight excluding hydrogens is 358 g/mol.